The molecule has 0 radical (unpaired) electrons. The minimum Gasteiger partial charge on any atom is -0.390 e. The molecule has 2 N–H and O–H groups in total. The first-order chi connectivity index (χ1) is 10.6. The van der Waals surface area contributed by atoms with E-state index in [1.807, 2.05) is 0 Å². The fourth-order valence-corrected chi connectivity index (χ4v) is 3.28. The smallest absolute Gasteiger partial charge is 0.244 e. The normalized spacial score (nSPS) is 26.0. The Hall–Kier alpha value is -1.51. The Balaban J connectivity index is 1.53. The fraction of sp³-hybridized carbons (Fsp3) is 0.786. The van der Waals surface area contributed by atoms with E-state index in [0.29, 0.717) is 31.7 Å². The van der Waals surface area contributed by atoms with Gasteiger partial charge in [-0.3, -0.25) is 4.79 Å². The van der Waals surface area contributed by atoms with Crippen LogP contribution in [0.1, 0.15) is 25.0 Å². The van der Waals surface area contributed by atoms with Crippen molar-refractivity contribution in [2.45, 2.75) is 38.0 Å². The van der Waals surface area contributed by atoms with E-state index >= 15 is 0 Å². The molecule has 1 aromatic rings. The predicted molar refractivity (Wildman–Crippen MR) is 77.8 cm³/mol. The van der Waals surface area contributed by atoms with Gasteiger partial charge in [-0.15, -0.1) is 5.10 Å². The van der Waals surface area contributed by atoms with E-state index in [1.54, 1.807) is 11.1 Å². The topological polar surface area (TPSA) is 94.7 Å². The van der Waals surface area contributed by atoms with E-state index in [-0.39, 0.29) is 19.1 Å². The Labute approximate surface area is 129 Å². The molecule has 8 heteroatoms. The van der Waals surface area contributed by atoms with Crippen LogP contribution >= 0.6 is 0 Å². The number of carbonyl (C=O) groups excluding carboxylic acids is 1. The molecule has 2 saturated heterocycles. The molecule has 3 rings (SSSR count). The molecular weight excluding hydrogens is 286 g/mol. The van der Waals surface area contributed by atoms with Gasteiger partial charge < -0.3 is 20.0 Å². The summed E-state index contributed by atoms with van der Waals surface area (Å²) < 4.78 is 1.42. The summed E-state index contributed by atoms with van der Waals surface area (Å²) in [5.41, 5.74) is -0.349. The molecule has 0 aliphatic carbocycles. The Morgan fingerprint density at radius 1 is 1.32 bits per heavy atom. The largest absolute Gasteiger partial charge is 0.390 e. The zero-order valence-electron chi connectivity index (χ0n) is 12.7. The lowest BCUT2D eigenvalue weighted by Gasteiger charge is -2.28. The molecule has 3 heterocycles. The van der Waals surface area contributed by atoms with E-state index in [9.17, 15) is 9.90 Å². The average Bonchev–Trinajstić information content (AvgIpc) is 3.20. The first kappa shape index (κ1) is 15.4. The predicted octanol–water partition coefficient (Wildman–Crippen LogP) is -1.17. The highest BCUT2D eigenvalue weighted by Gasteiger charge is 2.39. The summed E-state index contributed by atoms with van der Waals surface area (Å²) in [6.45, 7) is 3.59. The minimum absolute atomic E-state index is 0.0771. The van der Waals surface area contributed by atoms with Crippen molar-refractivity contribution in [3.8, 4) is 0 Å². The van der Waals surface area contributed by atoms with Crippen molar-refractivity contribution in [3.63, 3.8) is 0 Å². The van der Waals surface area contributed by atoms with Gasteiger partial charge in [-0.2, -0.15) is 0 Å². The molecule has 2 fully saturated rings. The minimum atomic E-state index is -0.793. The summed E-state index contributed by atoms with van der Waals surface area (Å²) in [6, 6.07) is 0. The van der Waals surface area contributed by atoms with Gasteiger partial charge in [0.05, 0.1) is 24.9 Å². The molecule has 0 aromatic carbocycles. The Kier molecular flexibility index (Phi) is 4.42. The van der Waals surface area contributed by atoms with Crippen LogP contribution in [0.3, 0.4) is 0 Å². The summed E-state index contributed by atoms with van der Waals surface area (Å²) in [4.78, 5) is 16.3. The fourth-order valence-electron chi connectivity index (χ4n) is 3.28. The summed E-state index contributed by atoms with van der Waals surface area (Å²) >= 11 is 0. The second-order valence-corrected chi connectivity index (χ2v) is 6.34. The molecule has 0 spiro atoms. The van der Waals surface area contributed by atoms with Gasteiger partial charge in [0.15, 0.2) is 0 Å². The Bertz CT molecular complexity index is 528. The highest BCUT2D eigenvalue weighted by atomic mass is 16.3. The van der Waals surface area contributed by atoms with Crippen LogP contribution in [0.4, 0.5) is 0 Å². The van der Waals surface area contributed by atoms with Crippen molar-refractivity contribution in [3.05, 3.63) is 11.9 Å². The number of amides is 1. The second-order valence-electron chi connectivity index (χ2n) is 6.34. The third-order valence-electron chi connectivity index (χ3n) is 4.45. The highest BCUT2D eigenvalue weighted by molar-refractivity contribution is 5.76. The van der Waals surface area contributed by atoms with Crippen molar-refractivity contribution in [1.82, 2.24) is 24.8 Å². The van der Waals surface area contributed by atoms with Gasteiger partial charge in [0.25, 0.3) is 0 Å². The summed E-state index contributed by atoms with van der Waals surface area (Å²) in [6.07, 6.45) is 4.56. The molecular formula is C14H23N5O3. The number of likely N-dealkylation sites (tertiary alicyclic amines) is 2. The summed E-state index contributed by atoms with van der Waals surface area (Å²) in [5, 5.41) is 27.2. The quantitative estimate of drug-likeness (QED) is 0.712. The third-order valence-corrected chi connectivity index (χ3v) is 4.45. The van der Waals surface area contributed by atoms with Gasteiger partial charge in [-0.05, 0) is 32.4 Å². The molecule has 2 aliphatic rings. The monoisotopic (exact) mass is 309 g/mol. The number of aliphatic hydroxyl groups excluding tert-OH is 1. The number of hydrogen-bond acceptors (Lipinski definition) is 6. The lowest BCUT2D eigenvalue weighted by molar-refractivity contribution is -0.132. The molecule has 8 nitrogen and oxygen atoms in total. The molecule has 1 aromatic heterocycles. The maximum Gasteiger partial charge on any atom is 0.244 e. The molecule has 0 bridgehead atoms. The molecule has 0 saturated carbocycles. The lowest BCUT2D eigenvalue weighted by atomic mass is 10.0. The van der Waals surface area contributed by atoms with Crippen LogP contribution < -0.4 is 0 Å². The number of rotatable bonds is 5. The molecule has 22 heavy (non-hydrogen) atoms. The number of hydrogen-bond donors (Lipinski definition) is 2. The van der Waals surface area contributed by atoms with Crippen LogP contribution in [-0.4, -0.2) is 79.2 Å². The number of aliphatic hydroxyl groups is 2. The van der Waals surface area contributed by atoms with Crippen LogP contribution in [0.25, 0.3) is 0 Å². The Morgan fingerprint density at radius 2 is 2.09 bits per heavy atom. The van der Waals surface area contributed by atoms with Gasteiger partial charge in [0.1, 0.15) is 12.2 Å². The van der Waals surface area contributed by atoms with Crippen molar-refractivity contribution in [2.75, 3.05) is 32.7 Å². The van der Waals surface area contributed by atoms with E-state index in [2.05, 4.69) is 15.2 Å². The van der Waals surface area contributed by atoms with Crippen LogP contribution in [0.15, 0.2) is 6.20 Å². The van der Waals surface area contributed by atoms with Crippen LogP contribution in [0.5, 0.6) is 0 Å². The van der Waals surface area contributed by atoms with Crippen LogP contribution in [-0.2, 0) is 17.9 Å². The molecule has 122 valence electrons. The lowest BCUT2D eigenvalue weighted by Crippen LogP contribution is -2.45. The zero-order chi connectivity index (χ0) is 15.6. The Morgan fingerprint density at radius 3 is 2.77 bits per heavy atom. The van der Waals surface area contributed by atoms with Crippen molar-refractivity contribution >= 4 is 5.91 Å². The maximum absolute atomic E-state index is 12.3. The van der Waals surface area contributed by atoms with Crippen molar-refractivity contribution < 1.29 is 15.0 Å². The van der Waals surface area contributed by atoms with Gasteiger partial charge in [0.2, 0.25) is 5.91 Å². The van der Waals surface area contributed by atoms with Gasteiger partial charge in [-0.25, -0.2) is 4.68 Å². The number of carbonyl (C=O) groups is 1. The van der Waals surface area contributed by atoms with Crippen LogP contribution in [0, 0.1) is 0 Å². The van der Waals surface area contributed by atoms with Crippen molar-refractivity contribution in [1.29, 1.82) is 0 Å². The zero-order valence-corrected chi connectivity index (χ0v) is 12.7. The molecule has 1 unspecified atom stereocenters. The maximum atomic E-state index is 12.3. The summed E-state index contributed by atoms with van der Waals surface area (Å²) in [5.74, 6) is -0.0771. The highest BCUT2D eigenvalue weighted by Crippen LogP contribution is 2.24. The van der Waals surface area contributed by atoms with Gasteiger partial charge >= 0.3 is 0 Å². The van der Waals surface area contributed by atoms with E-state index in [1.165, 1.54) is 17.5 Å². The van der Waals surface area contributed by atoms with Crippen molar-refractivity contribution in [2.24, 2.45) is 0 Å². The van der Waals surface area contributed by atoms with Gasteiger partial charge in [-0.1, -0.05) is 5.21 Å². The first-order valence-electron chi connectivity index (χ1n) is 7.80. The molecule has 2 aliphatic heterocycles. The van der Waals surface area contributed by atoms with E-state index < -0.39 is 5.60 Å². The molecule has 1 amide bonds. The average molecular weight is 309 g/mol. The summed E-state index contributed by atoms with van der Waals surface area (Å²) in [7, 11) is 0. The SMILES string of the molecule is O=C(Cn1cc(CO)nn1)N1CCC(O)(CN2CCCC2)C1. The van der Waals surface area contributed by atoms with E-state index in [0.717, 1.165) is 13.1 Å². The third kappa shape index (κ3) is 3.45. The standard InChI is InChI=1S/C14H23N5O3/c20-9-12-7-19(16-15-12)8-13(21)18-6-3-14(22,11-18)10-17-4-1-2-5-17/h7,20,22H,1-6,8-11H2. The number of β-amino-alcohol motifs (C(OH)–C–C–N with tert-alkyl or cyclic N) is 1. The van der Waals surface area contributed by atoms with Crippen LogP contribution in [0.2, 0.25) is 0 Å². The first-order valence-corrected chi connectivity index (χ1v) is 7.80. The number of nitrogens with zero attached hydrogens (tertiary/aromatic N) is 5. The van der Waals surface area contributed by atoms with E-state index in [4.69, 9.17) is 5.11 Å². The second kappa shape index (κ2) is 6.31. The molecule has 1 atom stereocenters. The van der Waals surface area contributed by atoms with Gasteiger partial charge in [0, 0.05) is 13.1 Å². The number of aromatic nitrogens is 3.